The van der Waals surface area contributed by atoms with Crippen molar-refractivity contribution in [2.24, 2.45) is 11.1 Å². The molecule has 1 unspecified atom stereocenters. The number of rotatable bonds is 2. The van der Waals surface area contributed by atoms with Gasteiger partial charge >= 0.3 is 5.97 Å². The summed E-state index contributed by atoms with van der Waals surface area (Å²) in [4.78, 5) is 25.6. The molecule has 0 aliphatic carbocycles. The number of nitrogens with zero attached hydrogens (tertiary/aromatic N) is 1. The molecule has 0 saturated heterocycles. The highest BCUT2D eigenvalue weighted by Crippen LogP contribution is 2.31. The lowest BCUT2D eigenvalue weighted by atomic mass is 9.85. The van der Waals surface area contributed by atoms with Crippen molar-refractivity contribution in [2.45, 2.75) is 39.7 Å². The third-order valence-electron chi connectivity index (χ3n) is 3.95. The van der Waals surface area contributed by atoms with Gasteiger partial charge in [-0.2, -0.15) is 0 Å². The van der Waals surface area contributed by atoms with Crippen molar-refractivity contribution in [2.75, 3.05) is 11.4 Å². The van der Waals surface area contributed by atoms with Crippen molar-refractivity contribution in [3.8, 4) is 0 Å². The Hall–Kier alpha value is -1.88. The molecule has 21 heavy (non-hydrogen) atoms. The van der Waals surface area contributed by atoms with Crippen LogP contribution in [0.3, 0.4) is 0 Å². The van der Waals surface area contributed by atoms with Crippen LogP contribution in [-0.2, 0) is 11.2 Å². The molecule has 0 radical (unpaired) electrons. The molecule has 0 aromatic heterocycles. The minimum absolute atomic E-state index is 0.147. The average molecular weight is 290 g/mol. The van der Waals surface area contributed by atoms with Gasteiger partial charge in [0.2, 0.25) is 5.91 Å². The first-order valence-corrected chi connectivity index (χ1v) is 7.15. The largest absolute Gasteiger partial charge is 0.478 e. The van der Waals surface area contributed by atoms with E-state index >= 15 is 0 Å². The van der Waals surface area contributed by atoms with Crippen LogP contribution in [0.25, 0.3) is 0 Å². The Morgan fingerprint density at radius 1 is 1.33 bits per heavy atom. The van der Waals surface area contributed by atoms with Crippen molar-refractivity contribution in [1.29, 1.82) is 0 Å². The quantitative estimate of drug-likeness (QED) is 0.873. The highest BCUT2D eigenvalue weighted by molar-refractivity contribution is 6.00. The molecule has 1 atom stereocenters. The minimum Gasteiger partial charge on any atom is -0.478 e. The Balaban J connectivity index is 2.42. The summed E-state index contributed by atoms with van der Waals surface area (Å²) in [6, 6.07) is 4.45. The molecular formula is C16H22N2O3. The number of hydrogen-bond donors (Lipinski definition) is 2. The van der Waals surface area contributed by atoms with Crippen molar-refractivity contribution < 1.29 is 14.7 Å². The number of fused-ring (bicyclic) bond motifs is 1. The molecule has 114 valence electrons. The zero-order valence-corrected chi connectivity index (χ0v) is 12.7. The summed E-state index contributed by atoms with van der Waals surface area (Å²) in [6.45, 7) is 6.36. The van der Waals surface area contributed by atoms with E-state index in [9.17, 15) is 14.7 Å². The number of anilines is 1. The molecule has 0 bridgehead atoms. The topological polar surface area (TPSA) is 83.6 Å². The Kier molecular flexibility index (Phi) is 4.05. The summed E-state index contributed by atoms with van der Waals surface area (Å²) in [5, 5.41) is 9.28. The van der Waals surface area contributed by atoms with Crippen LogP contribution in [0.2, 0.25) is 0 Å². The van der Waals surface area contributed by atoms with Crippen LogP contribution >= 0.6 is 0 Å². The predicted octanol–water partition coefficient (Wildman–Crippen LogP) is 2.04. The van der Waals surface area contributed by atoms with Crippen molar-refractivity contribution in [1.82, 2.24) is 0 Å². The molecule has 1 aliphatic heterocycles. The molecule has 1 aromatic rings. The van der Waals surface area contributed by atoms with Crippen LogP contribution in [-0.4, -0.2) is 29.6 Å². The molecule has 3 N–H and O–H groups in total. The number of carboxylic acid groups (broad SMARTS) is 1. The summed E-state index contributed by atoms with van der Waals surface area (Å²) in [5.74, 6) is -1.10. The number of amides is 1. The molecule has 5 nitrogen and oxygen atoms in total. The van der Waals surface area contributed by atoms with Crippen LogP contribution in [0.4, 0.5) is 5.69 Å². The fourth-order valence-electron chi connectivity index (χ4n) is 2.59. The molecule has 0 fully saturated rings. The van der Waals surface area contributed by atoms with E-state index in [2.05, 4.69) is 0 Å². The van der Waals surface area contributed by atoms with Gasteiger partial charge in [0.05, 0.1) is 11.6 Å². The second-order valence-electron chi connectivity index (χ2n) is 6.55. The number of hydrogen-bond acceptors (Lipinski definition) is 3. The summed E-state index contributed by atoms with van der Waals surface area (Å²) in [5.41, 5.74) is 7.42. The Labute approximate surface area is 124 Å². The monoisotopic (exact) mass is 290 g/mol. The number of carboxylic acids is 1. The maximum Gasteiger partial charge on any atom is 0.336 e. The first-order valence-electron chi connectivity index (χ1n) is 7.15. The summed E-state index contributed by atoms with van der Waals surface area (Å²) >= 11 is 0. The third kappa shape index (κ3) is 2.93. The molecular weight excluding hydrogens is 268 g/mol. The molecule has 1 aliphatic rings. The Morgan fingerprint density at radius 3 is 2.57 bits per heavy atom. The average Bonchev–Trinajstić information content (AvgIpc) is 2.43. The maximum atomic E-state index is 12.6. The lowest BCUT2D eigenvalue weighted by molar-refractivity contribution is -0.122. The van der Waals surface area contributed by atoms with Crippen LogP contribution in [0.1, 0.15) is 43.1 Å². The summed E-state index contributed by atoms with van der Waals surface area (Å²) < 4.78 is 0. The van der Waals surface area contributed by atoms with Crippen LogP contribution in [0, 0.1) is 5.41 Å². The molecule has 1 heterocycles. The van der Waals surface area contributed by atoms with Crippen molar-refractivity contribution in [3.05, 3.63) is 29.3 Å². The van der Waals surface area contributed by atoms with E-state index in [1.165, 1.54) is 0 Å². The lowest BCUT2D eigenvalue weighted by Gasteiger charge is -2.35. The number of benzene rings is 1. The van der Waals surface area contributed by atoms with E-state index < -0.39 is 12.0 Å². The van der Waals surface area contributed by atoms with E-state index in [0.717, 1.165) is 12.0 Å². The van der Waals surface area contributed by atoms with Crippen molar-refractivity contribution in [3.63, 3.8) is 0 Å². The SMILES string of the molecule is CC(C)(C)C(N)C(=O)N1CCCc2c(C(=O)O)cccc21. The van der Waals surface area contributed by atoms with E-state index in [-0.39, 0.29) is 16.9 Å². The van der Waals surface area contributed by atoms with Gasteiger partial charge in [-0.3, -0.25) is 4.79 Å². The van der Waals surface area contributed by atoms with Gasteiger partial charge in [-0.1, -0.05) is 26.8 Å². The first kappa shape index (κ1) is 15.5. The molecule has 0 spiro atoms. The van der Waals surface area contributed by atoms with E-state index in [1.807, 2.05) is 20.8 Å². The zero-order chi connectivity index (χ0) is 15.8. The fourth-order valence-corrected chi connectivity index (χ4v) is 2.59. The lowest BCUT2D eigenvalue weighted by Crippen LogP contribution is -2.52. The normalized spacial score (nSPS) is 16.3. The number of aromatic carboxylic acids is 1. The van der Waals surface area contributed by atoms with Crippen LogP contribution < -0.4 is 10.6 Å². The van der Waals surface area contributed by atoms with E-state index in [4.69, 9.17) is 5.73 Å². The summed E-state index contributed by atoms with van der Waals surface area (Å²) in [7, 11) is 0. The van der Waals surface area contributed by atoms with Gasteiger partial charge in [0.1, 0.15) is 0 Å². The smallest absolute Gasteiger partial charge is 0.336 e. The predicted molar refractivity (Wildman–Crippen MR) is 81.5 cm³/mol. The van der Waals surface area contributed by atoms with E-state index in [1.54, 1.807) is 23.1 Å². The van der Waals surface area contributed by atoms with Crippen molar-refractivity contribution >= 4 is 17.6 Å². The molecule has 5 heteroatoms. The van der Waals surface area contributed by atoms with Gasteiger partial charge < -0.3 is 15.7 Å². The number of carbonyl (C=O) groups is 2. The third-order valence-corrected chi connectivity index (χ3v) is 3.95. The van der Waals surface area contributed by atoms with E-state index in [0.29, 0.717) is 18.7 Å². The molecule has 2 rings (SSSR count). The molecule has 0 saturated carbocycles. The minimum atomic E-state index is -0.957. The first-order chi connectivity index (χ1) is 9.73. The highest BCUT2D eigenvalue weighted by Gasteiger charge is 2.34. The second kappa shape index (κ2) is 5.48. The second-order valence-corrected chi connectivity index (χ2v) is 6.55. The number of nitrogens with two attached hydrogens (primary N) is 1. The zero-order valence-electron chi connectivity index (χ0n) is 12.7. The van der Waals surface area contributed by atoms with Gasteiger partial charge in [0.25, 0.3) is 0 Å². The van der Waals surface area contributed by atoms with Gasteiger partial charge in [0.15, 0.2) is 0 Å². The van der Waals surface area contributed by atoms with Gasteiger partial charge in [-0.15, -0.1) is 0 Å². The van der Waals surface area contributed by atoms with Gasteiger partial charge in [-0.25, -0.2) is 4.79 Å². The Bertz CT molecular complexity index is 575. The number of carbonyl (C=O) groups excluding carboxylic acids is 1. The fraction of sp³-hybridized carbons (Fsp3) is 0.500. The van der Waals surface area contributed by atoms with Gasteiger partial charge in [0, 0.05) is 12.2 Å². The van der Waals surface area contributed by atoms with Gasteiger partial charge in [-0.05, 0) is 36.0 Å². The standard InChI is InChI=1S/C16H22N2O3/c1-16(2,3)13(17)14(19)18-9-5-7-10-11(15(20)21)6-4-8-12(10)18/h4,6,8,13H,5,7,9,17H2,1-3H3,(H,20,21). The van der Waals surface area contributed by atoms with Crippen LogP contribution in [0.5, 0.6) is 0 Å². The van der Waals surface area contributed by atoms with Crippen LogP contribution in [0.15, 0.2) is 18.2 Å². The Morgan fingerprint density at radius 2 is 2.00 bits per heavy atom. The molecule has 1 aromatic carbocycles. The maximum absolute atomic E-state index is 12.6. The highest BCUT2D eigenvalue weighted by atomic mass is 16.4. The summed E-state index contributed by atoms with van der Waals surface area (Å²) in [6.07, 6.45) is 1.42. The molecule has 1 amide bonds.